The highest BCUT2D eigenvalue weighted by Gasteiger charge is 2.34. The predicted molar refractivity (Wildman–Crippen MR) is 104 cm³/mol. The van der Waals surface area contributed by atoms with Gasteiger partial charge in [0.05, 0.1) is 17.7 Å². The van der Waals surface area contributed by atoms with Gasteiger partial charge in [0.1, 0.15) is 5.75 Å². The van der Waals surface area contributed by atoms with Crippen LogP contribution in [0.1, 0.15) is 5.56 Å². The van der Waals surface area contributed by atoms with Gasteiger partial charge in [-0.3, -0.25) is 9.69 Å². The van der Waals surface area contributed by atoms with Crippen molar-refractivity contribution < 1.29 is 9.53 Å². The molecule has 1 saturated heterocycles. The summed E-state index contributed by atoms with van der Waals surface area (Å²) in [5, 5.41) is 0. The molecular weight excluding hydrogens is 338 g/mol. The molecule has 3 rings (SSSR count). The van der Waals surface area contributed by atoms with E-state index in [1.54, 1.807) is 13.2 Å². The van der Waals surface area contributed by atoms with Crippen molar-refractivity contribution in [2.45, 2.75) is 0 Å². The van der Waals surface area contributed by atoms with E-state index in [0.717, 1.165) is 5.56 Å². The van der Waals surface area contributed by atoms with Crippen molar-refractivity contribution >= 4 is 46.0 Å². The number of methoxy groups -OCH3 is 1. The zero-order valence-corrected chi connectivity index (χ0v) is 14.6. The molecule has 2 aromatic rings. The number of para-hydroxylation sites is 2. The number of hydrogen-bond donors (Lipinski definition) is 0. The van der Waals surface area contributed by atoms with Crippen LogP contribution in [0.3, 0.4) is 0 Å². The lowest BCUT2D eigenvalue weighted by atomic mass is 10.2. The third-order valence-corrected chi connectivity index (χ3v) is 4.78. The van der Waals surface area contributed by atoms with Crippen molar-refractivity contribution in [3.05, 3.63) is 77.2 Å². The fraction of sp³-hybridized carbons (Fsp3) is 0.0526. The number of amides is 1. The van der Waals surface area contributed by atoms with Crippen molar-refractivity contribution in [3.63, 3.8) is 0 Å². The number of rotatable bonds is 4. The Morgan fingerprint density at radius 3 is 2.54 bits per heavy atom. The van der Waals surface area contributed by atoms with Crippen LogP contribution in [0.15, 0.2) is 71.7 Å². The molecule has 5 heteroatoms. The Hall–Kier alpha value is -2.37. The largest absolute Gasteiger partial charge is 0.495 e. The molecule has 24 heavy (non-hydrogen) atoms. The monoisotopic (exact) mass is 353 g/mol. The van der Waals surface area contributed by atoms with Crippen LogP contribution in [0.25, 0.3) is 6.08 Å². The van der Waals surface area contributed by atoms with Gasteiger partial charge in [0.25, 0.3) is 5.91 Å². The van der Waals surface area contributed by atoms with Crippen LogP contribution < -0.4 is 9.64 Å². The summed E-state index contributed by atoms with van der Waals surface area (Å²) in [4.78, 5) is 14.8. The van der Waals surface area contributed by atoms with Crippen molar-refractivity contribution in [3.8, 4) is 5.75 Å². The van der Waals surface area contributed by atoms with Gasteiger partial charge in [-0.15, -0.1) is 0 Å². The molecule has 1 aliphatic rings. The number of hydrogen-bond acceptors (Lipinski definition) is 4. The zero-order chi connectivity index (χ0) is 16.9. The first-order valence-electron chi connectivity index (χ1n) is 7.33. The fourth-order valence-electron chi connectivity index (χ4n) is 2.31. The third kappa shape index (κ3) is 3.42. The number of thiocarbonyl (C=S) groups is 1. The fourth-order valence-corrected chi connectivity index (χ4v) is 3.55. The van der Waals surface area contributed by atoms with Crippen LogP contribution in [0, 0.1) is 0 Å². The third-order valence-electron chi connectivity index (χ3n) is 3.46. The van der Waals surface area contributed by atoms with E-state index in [1.807, 2.05) is 66.7 Å². The molecule has 0 bridgehead atoms. The molecule has 0 spiro atoms. The minimum atomic E-state index is -0.132. The highest BCUT2D eigenvalue weighted by molar-refractivity contribution is 8.27. The number of carbonyl (C=O) groups excluding carboxylic acids is 1. The summed E-state index contributed by atoms with van der Waals surface area (Å²) in [5.74, 6) is 0.488. The number of benzene rings is 2. The van der Waals surface area contributed by atoms with Gasteiger partial charge in [0.2, 0.25) is 0 Å². The summed E-state index contributed by atoms with van der Waals surface area (Å²) in [6.07, 6.45) is 5.61. The average Bonchev–Trinajstić information content (AvgIpc) is 2.89. The van der Waals surface area contributed by atoms with Gasteiger partial charge >= 0.3 is 0 Å². The van der Waals surface area contributed by atoms with E-state index in [4.69, 9.17) is 17.0 Å². The van der Waals surface area contributed by atoms with E-state index < -0.39 is 0 Å². The maximum absolute atomic E-state index is 12.7. The van der Waals surface area contributed by atoms with Crippen molar-refractivity contribution in [2.24, 2.45) is 0 Å². The molecule has 120 valence electrons. The highest BCUT2D eigenvalue weighted by atomic mass is 32.2. The lowest BCUT2D eigenvalue weighted by Gasteiger charge is -2.17. The second-order valence-corrected chi connectivity index (χ2v) is 6.66. The van der Waals surface area contributed by atoms with Gasteiger partial charge in [-0.1, -0.05) is 78.6 Å². The van der Waals surface area contributed by atoms with E-state index in [1.165, 1.54) is 16.7 Å². The first-order chi connectivity index (χ1) is 11.7. The van der Waals surface area contributed by atoms with E-state index >= 15 is 0 Å². The Balaban J connectivity index is 1.84. The van der Waals surface area contributed by atoms with Crippen LogP contribution in [0.4, 0.5) is 5.69 Å². The standard InChI is InChI=1S/C19H15NO2S2/c1-22-16-12-6-5-11-15(16)20-18(21)17(24-19(20)23)13-7-10-14-8-3-2-4-9-14/h2-13H,1H3/b10-7+,17-13+. The summed E-state index contributed by atoms with van der Waals surface area (Å²) < 4.78 is 5.84. The predicted octanol–water partition coefficient (Wildman–Crippen LogP) is 4.66. The second kappa shape index (κ2) is 7.47. The maximum Gasteiger partial charge on any atom is 0.270 e. The Labute approximate surface area is 150 Å². The molecule has 0 unspecified atom stereocenters. The van der Waals surface area contributed by atoms with Crippen LogP contribution in [-0.2, 0) is 4.79 Å². The molecule has 0 saturated carbocycles. The molecule has 1 aliphatic heterocycles. The van der Waals surface area contributed by atoms with Gasteiger partial charge in [-0.05, 0) is 23.8 Å². The lowest BCUT2D eigenvalue weighted by molar-refractivity contribution is -0.113. The SMILES string of the molecule is COc1ccccc1N1C(=O)/C(=C\C=C\c2ccccc2)SC1=S. The normalized spacial score (nSPS) is 16.4. The second-order valence-electron chi connectivity index (χ2n) is 4.98. The van der Waals surface area contributed by atoms with Gasteiger partial charge in [-0.2, -0.15) is 0 Å². The van der Waals surface area contributed by atoms with Crippen LogP contribution >= 0.6 is 24.0 Å². The van der Waals surface area contributed by atoms with Crippen molar-refractivity contribution in [1.82, 2.24) is 0 Å². The number of allylic oxidation sites excluding steroid dienone is 2. The molecule has 0 radical (unpaired) electrons. The first-order valence-corrected chi connectivity index (χ1v) is 8.56. The Kier molecular flexibility index (Phi) is 5.13. The number of ether oxygens (including phenoxy) is 1. The smallest absolute Gasteiger partial charge is 0.270 e. The quantitative estimate of drug-likeness (QED) is 0.591. The molecule has 1 fully saturated rings. The van der Waals surface area contributed by atoms with E-state index in [2.05, 4.69) is 0 Å². The number of anilines is 1. The summed E-state index contributed by atoms with van der Waals surface area (Å²) in [6.45, 7) is 0. The zero-order valence-electron chi connectivity index (χ0n) is 13.0. The Morgan fingerprint density at radius 1 is 1.08 bits per heavy atom. The van der Waals surface area contributed by atoms with Gasteiger partial charge < -0.3 is 4.74 Å². The topological polar surface area (TPSA) is 29.5 Å². The average molecular weight is 353 g/mol. The number of carbonyl (C=O) groups is 1. The Bertz CT molecular complexity index is 828. The van der Waals surface area contributed by atoms with Crippen LogP contribution in [-0.4, -0.2) is 17.3 Å². The van der Waals surface area contributed by atoms with Gasteiger partial charge in [0.15, 0.2) is 4.32 Å². The molecule has 0 N–H and O–H groups in total. The molecule has 0 atom stereocenters. The molecule has 1 heterocycles. The van der Waals surface area contributed by atoms with E-state index in [-0.39, 0.29) is 5.91 Å². The molecule has 0 aliphatic carbocycles. The minimum absolute atomic E-state index is 0.132. The summed E-state index contributed by atoms with van der Waals surface area (Å²) >= 11 is 6.67. The molecule has 3 nitrogen and oxygen atoms in total. The van der Waals surface area contributed by atoms with Crippen LogP contribution in [0.2, 0.25) is 0 Å². The van der Waals surface area contributed by atoms with Gasteiger partial charge in [-0.25, -0.2) is 0 Å². The molecule has 0 aromatic heterocycles. The maximum atomic E-state index is 12.7. The van der Waals surface area contributed by atoms with Crippen molar-refractivity contribution in [2.75, 3.05) is 12.0 Å². The summed E-state index contributed by atoms with van der Waals surface area (Å²) in [7, 11) is 1.58. The minimum Gasteiger partial charge on any atom is -0.495 e. The summed E-state index contributed by atoms with van der Waals surface area (Å²) in [6, 6.07) is 17.3. The van der Waals surface area contributed by atoms with Crippen LogP contribution in [0.5, 0.6) is 5.75 Å². The lowest BCUT2D eigenvalue weighted by Crippen LogP contribution is -2.27. The molecular formula is C19H15NO2S2. The summed E-state index contributed by atoms with van der Waals surface area (Å²) in [5.41, 5.74) is 1.74. The van der Waals surface area contributed by atoms with Gasteiger partial charge in [0, 0.05) is 0 Å². The number of nitrogens with zero attached hydrogens (tertiary/aromatic N) is 1. The molecule has 1 amide bonds. The molecule has 2 aromatic carbocycles. The Morgan fingerprint density at radius 2 is 1.79 bits per heavy atom. The highest BCUT2D eigenvalue weighted by Crippen LogP contribution is 2.38. The number of thioether (sulfide) groups is 1. The van der Waals surface area contributed by atoms with Crippen molar-refractivity contribution in [1.29, 1.82) is 0 Å². The first kappa shape index (κ1) is 16.5. The van der Waals surface area contributed by atoms with E-state index in [0.29, 0.717) is 20.7 Å². The van der Waals surface area contributed by atoms with E-state index in [9.17, 15) is 4.79 Å².